The molecule has 1 aromatic carbocycles. The van der Waals surface area contributed by atoms with Gasteiger partial charge in [-0.25, -0.2) is 9.97 Å². The first-order valence-corrected chi connectivity index (χ1v) is 17.9. The largest absolute Gasteiger partial charge is 0.460 e. The molecule has 1 aromatic heterocycles. The molecule has 0 radical (unpaired) electrons. The summed E-state index contributed by atoms with van der Waals surface area (Å²) in [5, 5.41) is 10.2. The summed E-state index contributed by atoms with van der Waals surface area (Å²) in [5.41, 5.74) is 4.91. The summed E-state index contributed by atoms with van der Waals surface area (Å²) in [5.74, 6) is 2.90. The van der Waals surface area contributed by atoms with Crippen LogP contribution in [0.4, 0.5) is 0 Å². The second-order valence-corrected chi connectivity index (χ2v) is 17.3. The summed E-state index contributed by atoms with van der Waals surface area (Å²) in [6, 6.07) is 12.6. The van der Waals surface area contributed by atoms with Crippen LogP contribution >= 0.6 is 0 Å². The predicted octanol–water partition coefficient (Wildman–Crippen LogP) is 9.07. The Labute approximate surface area is 276 Å². The molecule has 3 saturated carbocycles. The van der Waals surface area contributed by atoms with Crippen LogP contribution < -0.4 is 0 Å². The van der Waals surface area contributed by atoms with Gasteiger partial charge in [-0.3, -0.25) is 4.79 Å². The molecule has 0 aliphatic heterocycles. The van der Waals surface area contributed by atoms with Crippen molar-refractivity contribution in [2.75, 3.05) is 0 Å². The van der Waals surface area contributed by atoms with Crippen molar-refractivity contribution in [3.8, 4) is 6.07 Å². The molecule has 244 valence electrons. The Morgan fingerprint density at radius 3 is 2.43 bits per heavy atom. The van der Waals surface area contributed by atoms with Gasteiger partial charge in [0.15, 0.2) is 0 Å². The van der Waals surface area contributed by atoms with Crippen molar-refractivity contribution >= 4 is 5.97 Å². The Bertz CT molecular complexity index is 1640. The van der Waals surface area contributed by atoms with Crippen molar-refractivity contribution in [2.24, 2.45) is 51.2 Å². The molecule has 0 amide bonds. The van der Waals surface area contributed by atoms with E-state index >= 15 is 0 Å². The number of hydrogen-bond acceptors (Lipinski definition) is 5. The normalized spacial score (nSPS) is 40.5. The first kappa shape index (κ1) is 31.6. The van der Waals surface area contributed by atoms with E-state index in [1.807, 2.05) is 37.3 Å². The van der Waals surface area contributed by atoms with Crippen LogP contribution in [-0.2, 0) is 28.0 Å². The number of hydrogen-bond donors (Lipinski definition) is 0. The fraction of sp³-hybridized carbons (Fsp3) is 0.659. The van der Waals surface area contributed by atoms with Crippen molar-refractivity contribution in [3.63, 3.8) is 0 Å². The number of esters is 1. The van der Waals surface area contributed by atoms with Gasteiger partial charge in [0.1, 0.15) is 24.2 Å². The molecule has 5 nitrogen and oxygen atoms in total. The maximum absolute atomic E-state index is 14.3. The van der Waals surface area contributed by atoms with Gasteiger partial charge in [0.2, 0.25) is 0 Å². The number of nitrogens with zero attached hydrogens (tertiary/aromatic N) is 3. The molecular weight excluding hydrogens is 566 g/mol. The minimum atomic E-state index is -0.445. The number of ether oxygens (including phenoxy) is 1. The second kappa shape index (κ2) is 10.5. The third-order valence-electron chi connectivity index (χ3n) is 15.1. The van der Waals surface area contributed by atoms with E-state index in [-0.39, 0.29) is 33.5 Å². The van der Waals surface area contributed by atoms with Crippen LogP contribution in [-0.4, -0.2) is 15.9 Å². The molecule has 0 unspecified atom stereocenters. The van der Waals surface area contributed by atoms with Crippen LogP contribution in [0.2, 0.25) is 0 Å². The molecule has 7 rings (SSSR count). The molecule has 1 heterocycles. The van der Waals surface area contributed by atoms with Crippen molar-refractivity contribution in [2.45, 2.75) is 119 Å². The summed E-state index contributed by atoms with van der Waals surface area (Å²) < 4.78 is 6.22. The van der Waals surface area contributed by atoms with E-state index in [2.05, 4.69) is 65.6 Å². The molecule has 5 aliphatic carbocycles. The quantitative estimate of drug-likeness (QED) is 0.253. The molecule has 3 fully saturated rings. The van der Waals surface area contributed by atoms with Crippen LogP contribution in [0.15, 0.2) is 42.0 Å². The Balaban J connectivity index is 1.29. The SMILES string of the molecule is Cc1nc(C#N)c2c(n1)C(C)(C)[C@@H]1CC[C@]3(C)[C@H](CC=C4[C@H]5[C@H](C)[C@H](C)CC[C@@]5(C(=O)OCc5ccccc5)CC[C@@]43C)[C@@]1(C)C2. The van der Waals surface area contributed by atoms with Crippen LogP contribution in [0, 0.1) is 69.5 Å². The van der Waals surface area contributed by atoms with Gasteiger partial charge in [-0.05, 0) is 110 Å². The van der Waals surface area contributed by atoms with Crippen molar-refractivity contribution in [1.82, 2.24) is 9.97 Å². The summed E-state index contributed by atoms with van der Waals surface area (Å²) in [6.07, 6.45) is 10.8. The minimum Gasteiger partial charge on any atom is -0.460 e. The van der Waals surface area contributed by atoms with E-state index < -0.39 is 5.41 Å². The summed E-state index contributed by atoms with van der Waals surface area (Å²) in [4.78, 5) is 24.0. The van der Waals surface area contributed by atoms with Gasteiger partial charge >= 0.3 is 5.97 Å². The zero-order valence-electron chi connectivity index (χ0n) is 29.4. The lowest BCUT2D eigenvalue weighted by molar-refractivity contribution is -0.184. The standard InChI is InChI=1S/C41H53N3O2/c1-25-16-19-41(36(45)46-24-28-12-10-9-11-13-28)21-20-39(7)30(34(41)26(25)2)14-15-33-38(6)22-29-31(23-42)43-27(3)44-35(29)37(4,5)32(38)17-18-40(33,39)8/h9-14,25-26,32-34H,15-22,24H2,1-8H3/t25-,26-,32+,33-,34-,38+,39+,40-,41-/m1/s1. The lowest BCUT2D eigenvalue weighted by atomic mass is 9.33. The molecule has 0 bridgehead atoms. The summed E-state index contributed by atoms with van der Waals surface area (Å²) >= 11 is 0. The first-order chi connectivity index (χ1) is 21.7. The number of aromatic nitrogens is 2. The zero-order chi connectivity index (χ0) is 32.9. The average Bonchev–Trinajstić information content (AvgIpc) is 3.02. The molecule has 46 heavy (non-hydrogen) atoms. The third kappa shape index (κ3) is 4.13. The van der Waals surface area contributed by atoms with Crippen LogP contribution in [0.1, 0.15) is 122 Å². The first-order valence-electron chi connectivity index (χ1n) is 17.9. The molecule has 2 aromatic rings. The molecule has 5 heteroatoms. The highest BCUT2D eigenvalue weighted by Crippen LogP contribution is 2.75. The summed E-state index contributed by atoms with van der Waals surface area (Å²) in [7, 11) is 0. The summed E-state index contributed by atoms with van der Waals surface area (Å²) in [6.45, 7) is 19.5. The van der Waals surface area contributed by atoms with Crippen LogP contribution in [0.3, 0.4) is 0 Å². The van der Waals surface area contributed by atoms with Gasteiger partial charge in [-0.15, -0.1) is 0 Å². The van der Waals surface area contributed by atoms with Gasteiger partial charge in [0, 0.05) is 11.0 Å². The van der Waals surface area contributed by atoms with E-state index in [0.717, 1.165) is 61.8 Å². The minimum absolute atomic E-state index is 0.00927. The predicted molar refractivity (Wildman–Crippen MR) is 180 cm³/mol. The Kier molecular flexibility index (Phi) is 7.21. The number of aryl methyl sites for hydroxylation is 1. The van der Waals surface area contributed by atoms with E-state index in [1.54, 1.807) is 5.57 Å². The van der Waals surface area contributed by atoms with Gasteiger partial charge in [-0.1, -0.05) is 90.4 Å². The van der Waals surface area contributed by atoms with Crippen molar-refractivity contribution < 1.29 is 9.53 Å². The highest BCUT2D eigenvalue weighted by atomic mass is 16.5. The molecule has 0 N–H and O–H groups in total. The third-order valence-corrected chi connectivity index (χ3v) is 15.1. The number of nitriles is 1. The molecule has 5 aliphatic rings. The van der Waals surface area contributed by atoms with Crippen molar-refractivity contribution in [1.29, 1.82) is 5.26 Å². The maximum atomic E-state index is 14.3. The number of benzene rings is 1. The van der Waals surface area contributed by atoms with E-state index in [1.165, 1.54) is 6.42 Å². The monoisotopic (exact) mass is 619 g/mol. The smallest absolute Gasteiger partial charge is 0.313 e. The zero-order valence-corrected chi connectivity index (χ0v) is 29.4. The highest BCUT2D eigenvalue weighted by Gasteiger charge is 2.69. The van der Waals surface area contributed by atoms with Gasteiger partial charge in [0.05, 0.1) is 11.1 Å². The number of carbonyl (C=O) groups excluding carboxylic acids is 1. The Morgan fingerprint density at radius 2 is 1.72 bits per heavy atom. The van der Waals surface area contributed by atoms with Crippen LogP contribution in [0.25, 0.3) is 0 Å². The van der Waals surface area contributed by atoms with Gasteiger partial charge < -0.3 is 4.74 Å². The fourth-order valence-corrected chi connectivity index (χ4v) is 12.4. The van der Waals surface area contributed by atoms with Crippen molar-refractivity contribution in [3.05, 3.63) is 70.3 Å². The lowest BCUT2D eigenvalue weighted by Gasteiger charge is -2.71. The van der Waals surface area contributed by atoms with Gasteiger partial charge in [-0.2, -0.15) is 5.26 Å². The molecule has 0 saturated heterocycles. The van der Waals surface area contributed by atoms with E-state index in [0.29, 0.717) is 41.8 Å². The van der Waals surface area contributed by atoms with Gasteiger partial charge in [0.25, 0.3) is 0 Å². The highest BCUT2D eigenvalue weighted by molar-refractivity contribution is 5.79. The van der Waals surface area contributed by atoms with E-state index in [9.17, 15) is 10.1 Å². The van der Waals surface area contributed by atoms with E-state index in [4.69, 9.17) is 9.72 Å². The number of allylic oxidation sites excluding steroid dienone is 2. The Morgan fingerprint density at radius 1 is 0.978 bits per heavy atom. The molecule has 9 atom stereocenters. The topological polar surface area (TPSA) is 75.9 Å². The Hall–Kier alpha value is -3.00. The maximum Gasteiger partial charge on any atom is 0.313 e. The fourth-order valence-electron chi connectivity index (χ4n) is 12.4. The second-order valence-electron chi connectivity index (χ2n) is 17.3. The van der Waals surface area contributed by atoms with Crippen LogP contribution in [0.5, 0.6) is 0 Å². The lowest BCUT2D eigenvalue weighted by Crippen LogP contribution is -2.65. The molecule has 0 spiro atoms. The number of rotatable bonds is 3. The average molecular weight is 620 g/mol. The number of carbonyl (C=O) groups is 1. The molecular formula is C41H53N3O2. The number of fused-ring (bicyclic) bond motifs is 8.